The Morgan fingerprint density at radius 2 is 1.43 bits per heavy atom. The van der Waals surface area contributed by atoms with Gasteiger partial charge in [-0.2, -0.15) is 0 Å². The first-order chi connectivity index (χ1) is 11.1. The quantitative estimate of drug-likeness (QED) is 0.248. The molecule has 1 atom stereocenters. The molecule has 0 spiro atoms. The monoisotopic (exact) mass is 326 g/mol. The van der Waals surface area contributed by atoms with E-state index in [-0.39, 0.29) is 12.1 Å². The van der Waals surface area contributed by atoms with Crippen LogP contribution in [0.5, 0.6) is 0 Å². The lowest BCUT2D eigenvalue weighted by Crippen LogP contribution is -2.13. The van der Waals surface area contributed by atoms with E-state index in [0.29, 0.717) is 12.3 Å². The summed E-state index contributed by atoms with van der Waals surface area (Å²) in [4.78, 5) is 10.9. The first-order valence-corrected chi connectivity index (χ1v) is 9.47. The second-order valence-electron chi connectivity index (χ2n) is 6.80. The molecule has 1 unspecified atom stereocenters. The van der Waals surface area contributed by atoms with Crippen LogP contribution in [0.3, 0.4) is 0 Å². The Kier molecular flexibility index (Phi) is 15.5. The summed E-state index contributed by atoms with van der Waals surface area (Å²) < 4.78 is 4.62. The summed E-state index contributed by atoms with van der Waals surface area (Å²) in [6.45, 7) is 4.15. The van der Waals surface area contributed by atoms with Crippen molar-refractivity contribution in [2.75, 3.05) is 7.11 Å². The minimum absolute atomic E-state index is 0.0911. The molecule has 0 bridgehead atoms. The van der Waals surface area contributed by atoms with Crippen molar-refractivity contribution in [1.29, 1.82) is 0 Å². The van der Waals surface area contributed by atoms with E-state index < -0.39 is 0 Å². The molecule has 136 valence electrons. The molecular weight excluding hydrogens is 288 g/mol. The zero-order valence-corrected chi connectivity index (χ0v) is 15.6. The highest BCUT2D eigenvalue weighted by Crippen LogP contribution is 2.12. The third-order valence-corrected chi connectivity index (χ3v) is 4.29. The van der Waals surface area contributed by atoms with Crippen molar-refractivity contribution in [3.8, 4) is 0 Å². The van der Waals surface area contributed by atoms with Crippen LogP contribution in [0.25, 0.3) is 0 Å². The zero-order chi connectivity index (χ0) is 17.3. The Hall–Kier alpha value is -0.830. The minimum Gasteiger partial charge on any atom is -0.469 e. The predicted molar refractivity (Wildman–Crippen MR) is 97.4 cm³/mol. The highest BCUT2D eigenvalue weighted by molar-refractivity contribution is 5.68. The van der Waals surface area contributed by atoms with E-state index in [4.69, 9.17) is 0 Å². The lowest BCUT2D eigenvalue weighted by Gasteiger charge is -2.13. The fourth-order valence-corrected chi connectivity index (χ4v) is 2.53. The summed E-state index contributed by atoms with van der Waals surface area (Å²) in [6, 6.07) is 0. The SMILES string of the molecule is COC(=O)CCCCCCCC=CCCCCCC(O)C(C)C. The van der Waals surface area contributed by atoms with Crippen LogP contribution in [0, 0.1) is 5.92 Å². The second kappa shape index (κ2) is 16.0. The normalized spacial score (nSPS) is 12.9. The Balaban J connectivity index is 3.22. The highest BCUT2D eigenvalue weighted by atomic mass is 16.5. The number of unbranched alkanes of at least 4 members (excludes halogenated alkanes) is 8. The summed E-state index contributed by atoms with van der Waals surface area (Å²) in [5, 5.41) is 9.71. The van der Waals surface area contributed by atoms with Gasteiger partial charge in [-0.15, -0.1) is 0 Å². The Labute approximate surface area is 143 Å². The van der Waals surface area contributed by atoms with Crippen molar-refractivity contribution in [3.63, 3.8) is 0 Å². The van der Waals surface area contributed by atoms with Crippen LogP contribution in [-0.2, 0) is 9.53 Å². The molecule has 0 radical (unpaired) electrons. The molecule has 0 aromatic rings. The maximum absolute atomic E-state index is 10.9. The second-order valence-corrected chi connectivity index (χ2v) is 6.80. The number of rotatable bonds is 15. The number of allylic oxidation sites excluding steroid dienone is 2. The van der Waals surface area contributed by atoms with Crippen LogP contribution in [0.2, 0.25) is 0 Å². The van der Waals surface area contributed by atoms with E-state index in [9.17, 15) is 9.90 Å². The van der Waals surface area contributed by atoms with Crippen LogP contribution in [-0.4, -0.2) is 24.3 Å². The van der Waals surface area contributed by atoms with Gasteiger partial charge in [0.2, 0.25) is 0 Å². The lowest BCUT2D eigenvalue weighted by molar-refractivity contribution is -0.140. The molecule has 0 aromatic heterocycles. The van der Waals surface area contributed by atoms with Crippen molar-refractivity contribution >= 4 is 5.97 Å². The Morgan fingerprint density at radius 3 is 2.00 bits per heavy atom. The standard InChI is InChI=1S/C20H38O3/c1-18(2)19(21)16-14-12-10-8-6-4-5-7-9-11-13-15-17-20(22)23-3/h4,6,18-19,21H,5,7-17H2,1-3H3. The molecule has 3 heteroatoms. The lowest BCUT2D eigenvalue weighted by atomic mass is 10.0. The third kappa shape index (κ3) is 15.8. The summed E-state index contributed by atoms with van der Waals surface area (Å²) >= 11 is 0. The first-order valence-electron chi connectivity index (χ1n) is 9.47. The van der Waals surface area contributed by atoms with E-state index in [1.54, 1.807) is 0 Å². The molecule has 0 aliphatic carbocycles. The molecule has 23 heavy (non-hydrogen) atoms. The van der Waals surface area contributed by atoms with Gasteiger partial charge in [-0.1, -0.05) is 58.1 Å². The van der Waals surface area contributed by atoms with Crippen LogP contribution >= 0.6 is 0 Å². The molecule has 0 saturated carbocycles. The number of esters is 1. The molecule has 0 fully saturated rings. The van der Waals surface area contributed by atoms with E-state index in [1.807, 2.05) is 0 Å². The predicted octanol–water partition coefficient (Wildman–Crippen LogP) is 5.41. The van der Waals surface area contributed by atoms with E-state index in [1.165, 1.54) is 45.6 Å². The summed E-state index contributed by atoms with van der Waals surface area (Å²) in [5.74, 6) is 0.294. The van der Waals surface area contributed by atoms with Crippen LogP contribution < -0.4 is 0 Å². The van der Waals surface area contributed by atoms with Crippen molar-refractivity contribution in [3.05, 3.63) is 12.2 Å². The molecule has 1 N–H and O–H groups in total. The fourth-order valence-electron chi connectivity index (χ4n) is 2.53. The van der Waals surface area contributed by atoms with Gasteiger partial charge in [0.25, 0.3) is 0 Å². The van der Waals surface area contributed by atoms with Crippen LogP contribution in [0.15, 0.2) is 12.2 Å². The molecule has 0 heterocycles. The van der Waals surface area contributed by atoms with Gasteiger partial charge in [0.1, 0.15) is 0 Å². The van der Waals surface area contributed by atoms with Crippen LogP contribution in [0.4, 0.5) is 0 Å². The number of hydrogen-bond donors (Lipinski definition) is 1. The number of hydrogen-bond acceptors (Lipinski definition) is 3. The number of carbonyl (C=O) groups is 1. The maximum Gasteiger partial charge on any atom is 0.305 e. The zero-order valence-electron chi connectivity index (χ0n) is 15.6. The van der Waals surface area contributed by atoms with Gasteiger partial charge >= 0.3 is 5.97 Å². The van der Waals surface area contributed by atoms with Crippen molar-refractivity contribution < 1.29 is 14.6 Å². The van der Waals surface area contributed by atoms with Gasteiger partial charge in [0.15, 0.2) is 0 Å². The molecule has 0 rings (SSSR count). The van der Waals surface area contributed by atoms with Gasteiger partial charge in [-0.05, 0) is 44.4 Å². The molecule has 3 nitrogen and oxygen atoms in total. The minimum atomic E-state index is -0.127. The summed E-state index contributed by atoms with van der Waals surface area (Å²) in [6.07, 6.45) is 17.7. The fraction of sp³-hybridized carbons (Fsp3) is 0.850. The molecule has 0 aliphatic rings. The van der Waals surface area contributed by atoms with Crippen molar-refractivity contribution in [2.45, 2.75) is 97.0 Å². The third-order valence-electron chi connectivity index (χ3n) is 4.29. The van der Waals surface area contributed by atoms with Crippen molar-refractivity contribution in [1.82, 2.24) is 0 Å². The number of aliphatic hydroxyl groups excluding tert-OH is 1. The topological polar surface area (TPSA) is 46.5 Å². The molecule has 0 amide bonds. The Bertz CT molecular complexity index is 297. The highest BCUT2D eigenvalue weighted by Gasteiger charge is 2.07. The average Bonchev–Trinajstić information content (AvgIpc) is 2.54. The molecule has 0 aromatic carbocycles. The van der Waals surface area contributed by atoms with Gasteiger partial charge in [0.05, 0.1) is 13.2 Å². The van der Waals surface area contributed by atoms with Crippen molar-refractivity contribution in [2.24, 2.45) is 5.92 Å². The largest absolute Gasteiger partial charge is 0.469 e. The molecule has 0 saturated heterocycles. The average molecular weight is 327 g/mol. The smallest absolute Gasteiger partial charge is 0.305 e. The number of aliphatic hydroxyl groups is 1. The number of carbonyl (C=O) groups excluding carboxylic acids is 1. The summed E-state index contributed by atoms with van der Waals surface area (Å²) in [5.41, 5.74) is 0. The Morgan fingerprint density at radius 1 is 0.913 bits per heavy atom. The van der Waals surface area contributed by atoms with Gasteiger partial charge in [-0.3, -0.25) is 4.79 Å². The molecular formula is C20H38O3. The van der Waals surface area contributed by atoms with Gasteiger partial charge in [-0.25, -0.2) is 0 Å². The maximum atomic E-state index is 10.9. The van der Waals surface area contributed by atoms with Gasteiger partial charge in [0, 0.05) is 6.42 Å². The van der Waals surface area contributed by atoms with Gasteiger partial charge < -0.3 is 9.84 Å². The number of methoxy groups -OCH3 is 1. The number of ether oxygens (including phenoxy) is 1. The molecule has 0 aliphatic heterocycles. The van der Waals surface area contributed by atoms with E-state index in [0.717, 1.165) is 32.1 Å². The van der Waals surface area contributed by atoms with Crippen LogP contribution in [0.1, 0.15) is 90.9 Å². The van der Waals surface area contributed by atoms with E-state index in [2.05, 4.69) is 30.7 Å². The summed E-state index contributed by atoms with van der Waals surface area (Å²) in [7, 11) is 1.45. The first kappa shape index (κ1) is 22.2. The van der Waals surface area contributed by atoms with E-state index >= 15 is 0 Å².